The van der Waals surface area contributed by atoms with Crippen molar-refractivity contribution in [3.8, 4) is 12.3 Å². The molecule has 1 aliphatic heterocycles. The molecule has 0 saturated carbocycles. The zero-order valence-corrected chi connectivity index (χ0v) is 14.7. The van der Waals surface area contributed by atoms with Gasteiger partial charge in [-0.2, -0.15) is 13.2 Å². The van der Waals surface area contributed by atoms with Gasteiger partial charge in [0.25, 0.3) is 0 Å². The van der Waals surface area contributed by atoms with Gasteiger partial charge in [0.2, 0.25) is 5.91 Å². The third-order valence-electron chi connectivity index (χ3n) is 4.46. The van der Waals surface area contributed by atoms with Gasteiger partial charge in [-0.05, 0) is 48.7 Å². The molecule has 2 aromatic rings. The Kier molecular flexibility index (Phi) is 5.08. The summed E-state index contributed by atoms with van der Waals surface area (Å²) in [5.74, 6) is 2.42. The second-order valence-corrected chi connectivity index (χ2v) is 6.47. The Hall–Kier alpha value is -3.01. The van der Waals surface area contributed by atoms with Crippen LogP contribution in [-0.4, -0.2) is 24.0 Å². The molecule has 0 radical (unpaired) electrons. The number of nitrogens with one attached hydrogen (secondary N) is 1. The fourth-order valence-corrected chi connectivity index (χ4v) is 3.16. The third kappa shape index (κ3) is 4.22. The van der Waals surface area contributed by atoms with Crippen LogP contribution in [0.1, 0.15) is 23.9 Å². The van der Waals surface area contributed by atoms with Crippen molar-refractivity contribution in [1.82, 2.24) is 10.3 Å². The van der Waals surface area contributed by atoms with Gasteiger partial charge in [-0.3, -0.25) is 4.79 Å². The first-order valence-corrected chi connectivity index (χ1v) is 8.43. The molecule has 0 bridgehead atoms. The predicted octanol–water partition coefficient (Wildman–Crippen LogP) is 3.53. The Balaban J connectivity index is 1.95. The normalized spacial score (nSPS) is 16.4. The topological polar surface area (TPSA) is 45.2 Å². The van der Waals surface area contributed by atoms with Crippen LogP contribution in [-0.2, 0) is 17.4 Å². The fourth-order valence-electron chi connectivity index (χ4n) is 3.16. The Morgan fingerprint density at radius 1 is 1.30 bits per heavy atom. The highest BCUT2D eigenvalue weighted by atomic mass is 19.4. The Bertz CT molecular complexity index is 885. The van der Waals surface area contributed by atoms with E-state index in [9.17, 15) is 18.0 Å². The van der Waals surface area contributed by atoms with Gasteiger partial charge in [0.1, 0.15) is 5.69 Å². The highest BCUT2D eigenvalue weighted by molar-refractivity contribution is 5.73. The number of benzene rings is 1. The van der Waals surface area contributed by atoms with E-state index in [0.717, 1.165) is 23.5 Å². The summed E-state index contributed by atoms with van der Waals surface area (Å²) < 4.78 is 38.5. The predicted molar refractivity (Wildman–Crippen MR) is 96.5 cm³/mol. The quantitative estimate of drug-likeness (QED) is 0.838. The molecular weight excluding hydrogens is 355 g/mol. The number of alkyl halides is 3. The summed E-state index contributed by atoms with van der Waals surface area (Å²) in [4.78, 5) is 17.6. The van der Waals surface area contributed by atoms with Crippen molar-refractivity contribution in [2.75, 3.05) is 18.0 Å². The number of terminal acetylenes is 1. The number of hydrogen-bond donors (Lipinski definition) is 1. The van der Waals surface area contributed by atoms with E-state index in [-0.39, 0.29) is 11.8 Å². The summed E-state index contributed by atoms with van der Waals surface area (Å²) in [6, 6.07) is 8.57. The summed E-state index contributed by atoms with van der Waals surface area (Å²) >= 11 is 0. The van der Waals surface area contributed by atoms with Crippen LogP contribution >= 0.6 is 0 Å². The summed E-state index contributed by atoms with van der Waals surface area (Å²) in [5.41, 5.74) is 2.02. The van der Waals surface area contributed by atoms with Crippen LogP contribution in [0.2, 0.25) is 0 Å². The van der Waals surface area contributed by atoms with E-state index < -0.39 is 11.7 Å². The van der Waals surface area contributed by atoms with Gasteiger partial charge in [0, 0.05) is 25.7 Å². The van der Waals surface area contributed by atoms with Crippen molar-refractivity contribution in [2.24, 2.45) is 5.92 Å². The SMILES string of the molecule is C#Cc1ccc2c(n1)CC(CNC(C)=O)CN2c1ccc(C(F)(F)F)cc1. The van der Waals surface area contributed by atoms with E-state index in [2.05, 4.69) is 16.2 Å². The first-order valence-electron chi connectivity index (χ1n) is 8.43. The maximum absolute atomic E-state index is 12.8. The van der Waals surface area contributed by atoms with E-state index >= 15 is 0 Å². The number of anilines is 2. The van der Waals surface area contributed by atoms with Crippen molar-refractivity contribution >= 4 is 17.3 Å². The van der Waals surface area contributed by atoms with Crippen LogP contribution in [0.3, 0.4) is 0 Å². The Morgan fingerprint density at radius 2 is 2.00 bits per heavy atom. The molecule has 1 aromatic carbocycles. The van der Waals surface area contributed by atoms with Crippen LogP contribution in [0.25, 0.3) is 0 Å². The molecule has 2 heterocycles. The van der Waals surface area contributed by atoms with Gasteiger partial charge in [0.15, 0.2) is 0 Å². The Morgan fingerprint density at radius 3 is 2.59 bits per heavy atom. The molecule has 0 aliphatic carbocycles. The first kappa shape index (κ1) is 18.8. The number of halogens is 3. The average Bonchev–Trinajstić information content (AvgIpc) is 2.64. The lowest BCUT2D eigenvalue weighted by Gasteiger charge is -2.35. The largest absolute Gasteiger partial charge is 0.416 e. The molecule has 1 aliphatic rings. The maximum atomic E-state index is 12.8. The zero-order valence-electron chi connectivity index (χ0n) is 14.7. The van der Waals surface area contributed by atoms with E-state index in [1.54, 1.807) is 6.07 Å². The molecule has 140 valence electrons. The van der Waals surface area contributed by atoms with Crippen molar-refractivity contribution in [3.05, 3.63) is 53.3 Å². The lowest BCUT2D eigenvalue weighted by atomic mass is 9.95. The molecule has 1 atom stereocenters. The zero-order chi connectivity index (χ0) is 19.6. The molecule has 1 amide bonds. The summed E-state index contributed by atoms with van der Waals surface area (Å²) in [5, 5.41) is 2.79. The van der Waals surface area contributed by atoms with Gasteiger partial charge in [-0.25, -0.2) is 4.98 Å². The van der Waals surface area contributed by atoms with E-state index in [1.807, 2.05) is 11.0 Å². The van der Waals surface area contributed by atoms with Gasteiger partial charge < -0.3 is 10.2 Å². The molecule has 27 heavy (non-hydrogen) atoms. The standard InChI is InChI=1S/C20H18F3N3O/c1-3-16-6-9-19-18(25-16)10-14(11-24-13(2)27)12-26(19)17-7-4-15(5-8-17)20(21,22)23/h1,4-9,14H,10-12H2,2H3,(H,24,27). The minimum Gasteiger partial charge on any atom is -0.356 e. The van der Waals surface area contributed by atoms with Gasteiger partial charge in [-0.1, -0.05) is 5.92 Å². The first-order chi connectivity index (χ1) is 12.8. The molecule has 0 spiro atoms. The number of hydrogen-bond acceptors (Lipinski definition) is 3. The number of carbonyl (C=O) groups is 1. The van der Waals surface area contributed by atoms with Crippen LogP contribution < -0.4 is 10.2 Å². The minimum absolute atomic E-state index is 0.0595. The fraction of sp³-hybridized carbons (Fsp3) is 0.300. The van der Waals surface area contributed by atoms with Crippen LogP contribution in [0.5, 0.6) is 0 Å². The number of aromatic nitrogens is 1. The minimum atomic E-state index is -4.38. The molecule has 1 N–H and O–H groups in total. The molecular formula is C20H18F3N3O. The van der Waals surface area contributed by atoms with Crippen molar-refractivity contribution in [2.45, 2.75) is 19.5 Å². The average molecular weight is 373 g/mol. The summed E-state index contributed by atoms with van der Waals surface area (Å²) in [6.45, 7) is 2.45. The van der Waals surface area contributed by atoms with Crippen LogP contribution in [0, 0.1) is 18.3 Å². The number of fused-ring (bicyclic) bond motifs is 1. The van der Waals surface area contributed by atoms with Crippen LogP contribution in [0.4, 0.5) is 24.5 Å². The molecule has 3 rings (SSSR count). The monoisotopic (exact) mass is 373 g/mol. The molecule has 0 saturated heterocycles. The molecule has 7 heteroatoms. The van der Waals surface area contributed by atoms with Crippen molar-refractivity contribution in [3.63, 3.8) is 0 Å². The van der Waals surface area contributed by atoms with Gasteiger partial charge in [-0.15, -0.1) is 6.42 Å². The second kappa shape index (κ2) is 7.31. The Labute approximate surface area is 155 Å². The van der Waals surface area contributed by atoms with E-state index in [0.29, 0.717) is 30.9 Å². The van der Waals surface area contributed by atoms with Crippen LogP contribution in [0.15, 0.2) is 36.4 Å². The molecule has 1 unspecified atom stereocenters. The van der Waals surface area contributed by atoms with Gasteiger partial charge >= 0.3 is 6.18 Å². The number of rotatable bonds is 3. The third-order valence-corrected chi connectivity index (χ3v) is 4.46. The second-order valence-electron chi connectivity index (χ2n) is 6.47. The number of pyridine rings is 1. The number of nitrogens with zero attached hydrogens (tertiary/aromatic N) is 2. The van der Waals surface area contributed by atoms with Crippen molar-refractivity contribution in [1.29, 1.82) is 0 Å². The lowest BCUT2D eigenvalue weighted by Crippen LogP contribution is -2.39. The molecule has 0 fully saturated rings. The summed E-state index contributed by atoms with van der Waals surface area (Å²) in [6.07, 6.45) is 1.68. The number of amides is 1. The van der Waals surface area contributed by atoms with E-state index in [1.165, 1.54) is 19.1 Å². The van der Waals surface area contributed by atoms with Gasteiger partial charge in [0.05, 0.1) is 16.9 Å². The number of carbonyl (C=O) groups excluding carboxylic acids is 1. The lowest BCUT2D eigenvalue weighted by molar-refractivity contribution is -0.137. The molecule has 4 nitrogen and oxygen atoms in total. The smallest absolute Gasteiger partial charge is 0.356 e. The van der Waals surface area contributed by atoms with E-state index in [4.69, 9.17) is 6.42 Å². The summed E-state index contributed by atoms with van der Waals surface area (Å²) in [7, 11) is 0. The highest BCUT2D eigenvalue weighted by Crippen LogP contribution is 2.36. The highest BCUT2D eigenvalue weighted by Gasteiger charge is 2.31. The molecule has 1 aromatic heterocycles. The van der Waals surface area contributed by atoms with Crippen molar-refractivity contribution < 1.29 is 18.0 Å². The maximum Gasteiger partial charge on any atom is 0.416 e.